The molecular weight excluding hydrogens is 412 g/mol. The highest BCUT2D eigenvalue weighted by molar-refractivity contribution is 6.10. The van der Waals surface area contributed by atoms with E-state index in [2.05, 4.69) is 5.32 Å². The monoisotopic (exact) mass is 436 g/mol. The van der Waals surface area contributed by atoms with Crippen LogP contribution in [-0.4, -0.2) is 71.3 Å². The molecule has 0 aromatic heterocycles. The number of hydrogen-bond donors (Lipinski definition) is 2. The van der Waals surface area contributed by atoms with Crippen LogP contribution in [0, 0.1) is 0 Å². The quantitative estimate of drug-likeness (QED) is 0.754. The lowest BCUT2D eigenvalue weighted by Gasteiger charge is -2.35. The van der Waals surface area contributed by atoms with Crippen molar-refractivity contribution in [3.8, 4) is 5.75 Å². The third kappa shape index (κ3) is 4.41. The second kappa shape index (κ2) is 9.09. The zero-order chi connectivity index (χ0) is 22.7. The predicted octanol–water partition coefficient (Wildman–Crippen LogP) is 1.44. The Labute approximate surface area is 185 Å². The van der Waals surface area contributed by atoms with Gasteiger partial charge < -0.3 is 25.1 Å². The molecule has 9 nitrogen and oxygen atoms in total. The molecule has 4 amide bonds. The van der Waals surface area contributed by atoms with Crippen molar-refractivity contribution in [2.75, 3.05) is 42.9 Å². The highest BCUT2D eigenvalue weighted by Gasteiger charge is 2.29. The molecule has 0 saturated carbocycles. The Hall–Kier alpha value is -3.88. The van der Waals surface area contributed by atoms with Gasteiger partial charge in [0.1, 0.15) is 12.3 Å². The first kappa shape index (κ1) is 21.4. The van der Waals surface area contributed by atoms with Gasteiger partial charge in [-0.25, -0.2) is 0 Å². The molecule has 0 spiro atoms. The van der Waals surface area contributed by atoms with Gasteiger partial charge in [0.05, 0.1) is 16.9 Å². The summed E-state index contributed by atoms with van der Waals surface area (Å²) in [5.74, 6) is -1.06. The normalized spacial score (nSPS) is 15.8. The second-order valence-electron chi connectivity index (χ2n) is 7.74. The van der Waals surface area contributed by atoms with Gasteiger partial charge in [-0.2, -0.15) is 0 Å². The smallest absolute Gasteiger partial charge is 0.257 e. The van der Waals surface area contributed by atoms with Crippen LogP contribution in [0.1, 0.15) is 23.2 Å². The molecule has 2 aliphatic heterocycles. The Morgan fingerprint density at radius 2 is 1.47 bits per heavy atom. The Bertz CT molecular complexity index is 1060. The lowest BCUT2D eigenvalue weighted by atomic mass is 10.1. The van der Waals surface area contributed by atoms with Crippen LogP contribution < -0.4 is 10.2 Å². The fraction of sp³-hybridized carbons (Fsp3) is 0.304. The number of rotatable bonds is 4. The molecule has 2 heterocycles. The number of fused-ring (bicyclic) bond motifs is 1. The van der Waals surface area contributed by atoms with Crippen LogP contribution in [0.4, 0.5) is 11.4 Å². The number of para-hydroxylation sites is 3. The highest BCUT2D eigenvalue weighted by Crippen LogP contribution is 2.29. The zero-order valence-electron chi connectivity index (χ0n) is 17.5. The summed E-state index contributed by atoms with van der Waals surface area (Å²) >= 11 is 0. The summed E-state index contributed by atoms with van der Waals surface area (Å²) in [5.41, 5.74) is 1.44. The van der Waals surface area contributed by atoms with Gasteiger partial charge in [-0.3, -0.25) is 19.2 Å². The first-order chi connectivity index (χ1) is 15.4. The number of amides is 4. The third-order valence-electron chi connectivity index (χ3n) is 5.68. The molecular formula is C23H24N4O5. The maximum absolute atomic E-state index is 12.7. The highest BCUT2D eigenvalue weighted by atomic mass is 16.3. The van der Waals surface area contributed by atoms with Gasteiger partial charge in [0, 0.05) is 39.0 Å². The van der Waals surface area contributed by atoms with Crippen molar-refractivity contribution in [3.63, 3.8) is 0 Å². The molecule has 0 bridgehead atoms. The molecule has 0 radical (unpaired) electrons. The fourth-order valence-electron chi connectivity index (χ4n) is 3.95. The maximum atomic E-state index is 12.7. The molecule has 0 unspecified atom stereocenters. The number of hydrogen-bond acceptors (Lipinski definition) is 5. The van der Waals surface area contributed by atoms with Gasteiger partial charge in [0.25, 0.3) is 5.91 Å². The topological polar surface area (TPSA) is 110 Å². The van der Waals surface area contributed by atoms with Crippen LogP contribution in [-0.2, 0) is 14.4 Å². The number of carbonyl (C=O) groups excluding carboxylic acids is 4. The molecule has 32 heavy (non-hydrogen) atoms. The number of phenolic OH excluding ortho intramolecular Hbond substituents is 1. The third-order valence-corrected chi connectivity index (χ3v) is 5.68. The Balaban J connectivity index is 1.29. The first-order valence-electron chi connectivity index (χ1n) is 10.5. The van der Waals surface area contributed by atoms with Gasteiger partial charge in [0.2, 0.25) is 17.7 Å². The lowest BCUT2D eigenvalue weighted by molar-refractivity contribution is -0.134. The summed E-state index contributed by atoms with van der Waals surface area (Å²) in [6.07, 6.45) is 0.0318. The average Bonchev–Trinajstić information content (AvgIpc) is 2.81. The van der Waals surface area contributed by atoms with Gasteiger partial charge >= 0.3 is 0 Å². The van der Waals surface area contributed by atoms with Crippen molar-refractivity contribution >= 4 is 35.0 Å². The summed E-state index contributed by atoms with van der Waals surface area (Å²) in [5, 5.41) is 12.6. The zero-order valence-corrected chi connectivity index (χ0v) is 17.5. The van der Waals surface area contributed by atoms with Crippen molar-refractivity contribution in [3.05, 3.63) is 54.1 Å². The molecule has 0 atom stereocenters. The molecule has 1 fully saturated rings. The van der Waals surface area contributed by atoms with E-state index in [0.717, 1.165) is 0 Å². The Kier molecular flexibility index (Phi) is 6.07. The summed E-state index contributed by atoms with van der Waals surface area (Å²) in [7, 11) is 0. The summed E-state index contributed by atoms with van der Waals surface area (Å²) in [4.78, 5) is 54.5. The molecule has 2 aliphatic rings. The minimum absolute atomic E-state index is 0.00250. The number of phenols is 1. The number of carbonyl (C=O) groups is 4. The molecule has 4 rings (SSSR count). The largest absolute Gasteiger partial charge is 0.507 e. The van der Waals surface area contributed by atoms with Gasteiger partial charge in [-0.15, -0.1) is 0 Å². The number of nitrogens with one attached hydrogen (secondary N) is 1. The van der Waals surface area contributed by atoms with E-state index < -0.39 is 0 Å². The van der Waals surface area contributed by atoms with Crippen LogP contribution in [0.2, 0.25) is 0 Å². The summed E-state index contributed by atoms with van der Waals surface area (Å²) < 4.78 is 0. The molecule has 1 saturated heterocycles. The van der Waals surface area contributed by atoms with Crippen molar-refractivity contribution in [2.45, 2.75) is 12.8 Å². The van der Waals surface area contributed by atoms with Crippen LogP contribution >= 0.6 is 0 Å². The SMILES string of the molecule is O=C1CN(C(=O)CCC(=O)N2CCN(C(=O)c3ccccc3O)CC2)c2ccccc2N1. The van der Waals surface area contributed by atoms with Gasteiger partial charge in [-0.05, 0) is 24.3 Å². The summed E-state index contributed by atoms with van der Waals surface area (Å²) in [6, 6.07) is 13.4. The molecule has 2 aromatic rings. The van der Waals surface area contributed by atoms with Crippen LogP contribution in [0.25, 0.3) is 0 Å². The molecule has 2 aromatic carbocycles. The molecule has 2 N–H and O–H groups in total. The van der Waals surface area contributed by atoms with E-state index in [4.69, 9.17) is 0 Å². The van der Waals surface area contributed by atoms with Crippen molar-refractivity contribution in [1.82, 2.24) is 9.80 Å². The van der Waals surface area contributed by atoms with Crippen molar-refractivity contribution in [1.29, 1.82) is 0 Å². The molecule has 166 valence electrons. The molecule has 9 heteroatoms. The fourth-order valence-corrected chi connectivity index (χ4v) is 3.95. The first-order valence-corrected chi connectivity index (χ1v) is 10.5. The minimum atomic E-state index is -0.283. The lowest BCUT2D eigenvalue weighted by Crippen LogP contribution is -2.50. The Morgan fingerprint density at radius 3 is 2.22 bits per heavy atom. The number of benzene rings is 2. The van der Waals surface area contributed by atoms with E-state index in [0.29, 0.717) is 37.6 Å². The number of aromatic hydroxyl groups is 1. The van der Waals surface area contributed by atoms with E-state index in [-0.39, 0.29) is 54.3 Å². The standard InChI is InChI=1S/C23H24N4O5/c28-19-8-4-1-5-16(19)23(32)26-13-11-25(12-14-26)21(30)9-10-22(31)27-15-20(29)24-17-6-2-3-7-18(17)27/h1-8,28H,9-15H2,(H,24,29). The van der Waals surface area contributed by atoms with Crippen LogP contribution in [0.5, 0.6) is 5.75 Å². The van der Waals surface area contributed by atoms with E-state index >= 15 is 0 Å². The average molecular weight is 436 g/mol. The van der Waals surface area contributed by atoms with Crippen molar-refractivity contribution in [2.24, 2.45) is 0 Å². The number of nitrogens with zero attached hydrogens (tertiary/aromatic N) is 3. The van der Waals surface area contributed by atoms with Crippen LogP contribution in [0.15, 0.2) is 48.5 Å². The van der Waals surface area contributed by atoms with Crippen molar-refractivity contribution < 1.29 is 24.3 Å². The number of anilines is 2. The van der Waals surface area contributed by atoms with Crippen LogP contribution in [0.3, 0.4) is 0 Å². The van der Waals surface area contributed by atoms with E-state index in [1.54, 1.807) is 52.3 Å². The second-order valence-corrected chi connectivity index (χ2v) is 7.74. The Morgan fingerprint density at radius 1 is 0.844 bits per heavy atom. The van der Waals surface area contributed by atoms with Gasteiger partial charge in [-0.1, -0.05) is 24.3 Å². The van der Waals surface area contributed by atoms with E-state index in [9.17, 15) is 24.3 Å². The van der Waals surface area contributed by atoms with E-state index in [1.807, 2.05) is 0 Å². The minimum Gasteiger partial charge on any atom is -0.507 e. The predicted molar refractivity (Wildman–Crippen MR) is 117 cm³/mol. The molecule has 0 aliphatic carbocycles. The number of piperazine rings is 1. The maximum Gasteiger partial charge on any atom is 0.257 e. The van der Waals surface area contributed by atoms with E-state index in [1.165, 1.54) is 11.0 Å². The van der Waals surface area contributed by atoms with Gasteiger partial charge in [0.15, 0.2) is 0 Å². The summed E-state index contributed by atoms with van der Waals surface area (Å²) in [6.45, 7) is 1.36.